The first-order chi connectivity index (χ1) is 12.6. The van der Waals surface area contributed by atoms with Crippen LogP contribution in [0.2, 0.25) is 0 Å². The van der Waals surface area contributed by atoms with Gasteiger partial charge in [-0.2, -0.15) is 0 Å². The van der Waals surface area contributed by atoms with Crippen LogP contribution in [0.1, 0.15) is 31.6 Å². The number of halogens is 1. The van der Waals surface area contributed by atoms with Crippen molar-refractivity contribution in [2.45, 2.75) is 25.9 Å². The maximum Gasteiger partial charge on any atom is 0.194 e. The number of nitrogens with one attached hydrogen (secondary N) is 1. The molecule has 1 aliphatic rings. The molecule has 27 heavy (non-hydrogen) atoms. The molecule has 3 rings (SSSR count). The van der Waals surface area contributed by atoms with Crippen LogP contribution >= 0.6 is 24.0 Å². The first-order valence-electron chi connectivity index (χ1n) is 9.14. The quantitative estimate of drug-likeness (QED) is 0.387. The minimum absolute atomic E-state index is 0. The number of nitrogens with zero attached hydrogens (tertiary/aromatic N) is 2. The molecule has 1 atom stereocenters. The van der Waals surface area contributed by atoms with E-state index < -0.39 is 5.60 Å². The Morgan fingerprint density at radius 2 is 2.04 bits per heavy atom. The van der Waals surface area contributed by atoms with Crippen LogP contribution in [-0.2, 0) is 5.60 Å². The van der Waals surface area contributed by atoms with E-state index in [0.717, 1.165) is 32.0 Å². The molecule has 0 saturated heterocycles. The van der Waals surface area contributed by atoms with E-state index in [1.54, 1.807) is 25.3 Å². The number of hydrogen-bond donors (Lipinski definition) is 2. The molecule has 0 aliphatic carbocycles. The highest BCUT2D eigenvalue weighted by Crippen LogP contribution is 2.23. The zero-order chi connectivity index (χ0) is 18.4. The van der Waals surface area contributed by atoms with Gasteiger partial charge in [0.25, 0.3) is 0 Å². The van der Waals surface area contributed by atoms with Crippen molar-refractivity contribution in [1.82, 2.24) is 10.2 Å². The normalized spacial score (nSPS) is 16.9. The molecule has 1 aromatic heterocycles. The maximum atomic E-state index is 10.6. The van der Waals surface area contributed by atoms with Gasteiger partial charge in [-0.05, 0) is 43.5 Å². The third-order valence-corrected chi connectivity index (χ3v) is 4.58. The number of rotatable bonds is 5. The van der Waals surface area contributed by atoms with Gasteiger partial charge in [-0.1, -0.05) is 36.4 Å². The van der Waals surface area contributed by atoms with E-state index in [4.69, 9.17) is 4.42 Å². The summed E-state index contributed by atoms with van der Waals surface area (Å²) in [5, 5.41) is 14.0. The first-order valence-corrected chi connectivity index (χ1v) is 9.14. The second-order valence-electron chi connectivity index (χ2n) is 6.71. The van der Waals surface area contributed by atoms with Crippen LogP contribution in [0.4, 0.5) is 0 Å². The van der Waals surface area contributed by atoms with Crippen LogP contribution in [0.3, 0.4) is 0 Å². The summed E-state index contributed by atoms with van der Waals surface area (Å²) in [4.78, 5) is 6.87. The Kier molecular flexibility index (Phi) is 7.91. The van der Waals surface area contributed by atoms with Crippen molar-refractivity contribution in [3.63, 3.8) is 0 Å². The average Bonchev–Trinajstić information content (AvgIpc) is 3.22. The number of aliphatic imine (C=N–C) groups is 1. The molecule has 2 aromatic rings. The minimum atomic E-state index is -1.12. The predicted molar refractivity (Wildman–Crippen MR) is 120 cm³/mol. The Labute approximate surface area is 178 Å². The Morgan fingerprint density at radius 1 is 1.26 bits per heavy atom. The van der Waals surface area contributed by atoms with Crippen LogP contribution < -0.4 is 5.32 Å². The zero-order valence-corrected chi connectivity index (χ0v) is 18.2. The monoisotopic (exact) mass is 481 g/mol. The fourth-order valence-corrected chi connectivity index (χ4v) is 3.09. The molecule has 5 nitrogen and oxygen atoms in total. The zero-order valence-electron chi connectivity index (χ0n) is 15.9. The number of hydrogen-bond acceptors (Lipinski definition) is 3. The second kappa shape index (κ2) is 9.94. The van der Waals surface area contributed by atoms with Crippen LogP contribution in [0.25, 0.3) is 5.57 Å². The Bertz CT molecular complexity index is 755. The van der Waals surface area contributed by atoms with E-state index in [1.807, 2.05) is 6.07 Å². The molecular formula is C21H28IN3O2. The SMILES string of the molecule is CCNC(=NCC(C)(O)c1ccco1)N1CC=C(c2ccccc2)CC1.I. The molecule has 6 heteroatoms. The molecule has 0 spiro atoms. The summed E-state index contributed by atoms with van der Waals surface area (Å²) in [6.45, 7) is 6.51. The van der Waals surface area contributed by atoms with Crippen molar-refractivity contribution in [2.75, 3.05) is 26.2 Å². The van der Waals surface area contributed by atoms with Crippen LogP contribution in [0, 0.1) is 0 Å². The molecule has 2 heterocycles. The molecule has 1 unspecified atom stereocenters. The molecule has 1 aliphatic heterocycles. The van der Waals surface area contributed by atoms with Gasteiger partial charge in [0.2, 0.25) is 0 Å². The van der Waals surface area contributed by atoms with Gasteiger partial charge in [-0.3, -0.25) is 0 Å². The standard InChI is InChI=1S/C21H27N3O2.HI/c1-3-22-20(23-16-21(2,25)19-10-7-15-26-19)24-13-11-18(12-14-24)17-8-5-4-6-9-17;/h4-11,15,25H,3,12-14,16H2,1-2H3,(H,22,23);1H. The maximum absolute atomic E-state index is 10.6. The van der Waals surface area contributed by atoms with E-state index in [1.165, 1.54) is 11.1 Å². The highest BCUT2D eigenvalue weighted by atomic mass is 127. The van der Waals surface area contributed by atoms with Gasteiger partial charge >= 0.3 is 0 Å². The lowest BCUT2D eigenvalue weighted by atomic mass is 10.00. The van der Waals surface area contributed by atoms with Crippen molar-refractivity contribution in [1.29, 1.82) is 0 Å². The van der Waals surface area contributed by atoms with Crippen molar-refractivity contribution in [2.24, 2.45) is 4.99 Å². The molecule has 1 aromatic carbocycles. The minimum Gasteiger partial charge on any atom is -0.466 e. The van der Waals surface area contributed by atoms with E-state index in [0.29, 0.717) is 5.76 Å². The average molecular weight is 481 g/mol. The summed E-state index contributed by atoms with van der Waals surface area (Å²) in [6.07, 6.45) is 4.80. The highest BCUT2D eigenvalue weighted by molar-refractivity contribution is 14.0. The molecule has 0 saturated carbocycles. The third-order valence-electron chi connectivity index (χ3n) is 4.58. The van der Waals surface area contributed by atoms with Crippen LogP contribution in [0.15, 0.2) is 64.2 Å². The van der Waals surface area contributed by atoms with Gasteiger partial charge < -0.3 is 19.7 Å². The van der Waals surface area contributed by atoms with E-state index in [-0.39, 0.29) is 30.5 Å². The topological polar surface area (TPSA) is 61.0 Å². The van der Waals surface area contributed by atoms with Gasteiger partial charge in [0.05, 0.1) is 12.8 Å². The van der Waals surface area contributed by atoms with E-state index in [2.05, 4.69) is 52.5 Å². The Morgan fingerprint density at radius 3 is 2.63 bits per heavy atom. The van der Waals surface area contributed by atoms with Gasteiger partial charge in [0, 0.05) is 19.6 Å². The predicted octanol–water partition coefficient (Wildman–Crippen LogP) is 3.86. The number of furan rings is 1. The summed E-state index contributed by atoms with van der Waals surface area (Å²) in [5.74, 6) is 1.35. The highest BCUT2D eigenvalue weighted by Gasteiger charge is 2.26. The smallest absolute Gasteiger partial charge is 0.194 e. The second-order valence-corrected chi connectivity index (χ2v) is 6.71. The van der Waals surface area contributed by atoms with E-state index in [9.17, 15) is 5.11 Å². The molecular weight excluding hydrogens is 453 g/mol. The summed E-state index contributed by atoms with van der Waals surface area (Å²) < 4.78 is 5.34. The summed E-state index contributed by atoms with van der Waals surface area (Å²) in [5.41, 5.74) is 1.54. The molecule has 0 bridgehead atoms. The fraction of sp³-hybridized carbons (Fsp3) is 0.381. The summed E-state index contributed by atoms with van der Waals surface area (Å²) >= 11 is 0. The number of guanidine groups is 1. The van der Waals surface area contributed by atoms with Crippen molar-refractivity contribution >= 4 is 35.5 Å². The Hall–Kier alpha value is -1.80. The lowest BCUT2D eigenvalue weighted by molar-refractivity contribution is 0.0434. The van der Waals surface area contributed by atoms with Crippen LogP contribution in [0.5, 0.6) is 0 Å². The lowest BCUT2D eigenvalue weighted by Crippen LogP contribution is -2.44. The number of benzene rings is 1. The fourth-order valence-electron chi connectivity index (χ4n) is 3.09. The summed E-state index contributed by atoms with van der Waals surface area (Å²) in [7, 11) is 0. The molecule has 2 N–H and O–H groups in total. The largest absolute Gasteiger partial charge is 0.466 e. The van der Waals surface area contributed by atoms with Gasteiger partial charge in [0.15, 0.2) is 5.96 Å². The van der Waals surface area contributed by atoms with Gasteiger partial charge in [0.1, 0.15) is 11.4 Å². The van der Waals surface area contributed by atoms with Crippen molar-refractivity contribution < 1.29 is 9.52 Å². The third kappa shape index (κ3) is 5.59. The summed E-state index contributed by atoms with van der Waals surface area (Å²) in [6, 6.07) is 14.1. The molecule has 146 valence electrons. The first kappa shape index (κ1) is 21.5. The Balaban J connectivity index is 0.00000261. The van der Waals surface area contributed by atoms with Crippen molar-refractivity contribution in [3.8, 4) is 0 Å². The van der Waals surface area contributed by atoms with Gasteiger partial charge in [-0.15, -0.1) is 24.0 Å². The molecule has 0 radical (unpaired) electrons. The molecule has 0 amide bonds. The van der Waals surface area contributed by atoms with Crippen molar-refractivity contribution in [3.05, 3.63) is 66.1 Å². The van der Waals surface area contributed by atoms with Crippen LogP contribution in [-0.4, -0.2) is 42.1 Å². The van der Waals surface area contributed by atoms with E-state index >= 15 is 0 Å². The molecule has 0 fully saturated rings. The van der Waals surface area contributed by atoms with Gasteiger partial charge in [-0.25, -0.2) is 4.99 Å². The lowest BCUT2D eigenvalue weighted by Gasteiger charge is -2.30. The number of aliphatic hydroxyl groups is 1.